The first-order valence-electron chi connectivity index (χ1n) is 4.51. The van der Waals surface area contributed by atoms with Crippen LogP contribution in [-0.2, 0) is 4.79 Å². The lowest BCUT2D eigenvalue weighted by Gasteiger charge is -2.25. The molecule has 0 aromatic heterocycles. The maximum atomic E-state index is 11.2. The topological polar surface area (TPSA) is 55.1 Å². The summed E-state index contributed by atoms with van der Waals surface area (Å²) in [6.45, 7) is 0.740. The number of nitrogens with two attached hydrogens (primary N) is 1. The lowest BCUT2D eigenvalue weighted by molar-refractivity contribution is -0.119. The van der Waals surface area contributed by atoms with Crippen molar-refractivity contribution in [3.05, 3.63) is 28.8 Å². The molecule has 4 heteroatoms. The molecule has 0 radical (unpaired) electrons. The predicted molar refractivity (Wildman–Crippen MR) is 56.5 cm³/mol. The predicted octanol–water partition coefficient (Wildman–Crippen LogP) is 1.72. The summed E-state index contributed by atoms with van der Waals surface area (Å²) < 4.78 is 0. The smallest absolute Gasteiger partial charge is 0.225 e. The van der Waals surface area contributed by atoms with Gasteiger partial charge in [0.15, 0.2) is 0 Å². The van der Waals surface area contributed by atoms with Crippen LogP contribution >= 0.6 is 11.6 Å². The Bertz CT molecular complexity index is 378. The molecule has 0 saturated heterocycles. The first-order chi connectivity index (χ1) is 6.70. The summed E-state index contributed by atoms with van der Waals surface area (Å²) in [6, 6.07) is 5.53. The highest BCUT2D eigenvalue weighted by Gasteiger charge is 2.25. The minimum atomic E-state index is -0.282. The number of hydrogen-bond donors (Lipinski definition) is 2. The number of para-hydroxylation sites is 1. The van der Waals surface area contributed by atoms with Gasteiger partial charge < -0.3 is 11.1 Å². The van der Waals surface area contributed by atoms with Crippen LogP contribution in [0.1, 0.15) is 17.9 Å². The molecule has 0 aliphatic carbocycles. The summed E-state index contributed by atoms with van der Waals surface area (Å²) in [5.74, 6) is -0.486. The van der Waals surface area contributed by atoms with Gasteiger partial charge in [-0.2, -0.15) is 0 Å². The van der Waals surface area contributed by atoms with Gasteiger partial charge in [-0.15, -0.1) is 0 Å². The molecular weight excluding hydrogens is 200 g/mol. The fourth-order valence-corrected chi connectivity index (χ4v) is 2.06. The van der Waals surface area contributed by atoms with Crippen molar-refractivity contribution in [1.82, 2.24) is 0 Å². The lowest BCUT2D eigenvalue weighted by atomic mass is 9.90. The molecule has 3 nitrogen and oxygen atoms in total. The van der Waals surface area contributed by atoms with Crippen molar-refractivity contribution in [2.24, 2.45) is 5.73 Å². The van der Waals surface area contributed by atoms with E-state index in [1.807, 2.05) is 12.1 Å². The van der Waals surface area contributed by atoms with Gasteiger partial charge in [-0.25, -0.2) is 0 Å². The largest absolute Gasteiger partial charge is 0.384 e. The summed E-state index contributed by atoms with van der Waals surface area (Å²) >= 11 is 6.00. The summed E-state index contributed by atoms with van der Waals surface area (Å²) in [6.07, 6.45) is 0.739. The molecule has 1 heterocycles. The maximum Gasteiger partial charge on any atom is 0.225 e. The van der Waals surface area contributed by atoms with Gasteiger partial charge in [0.2, 0.25) is 5.91 Å². The number of rotatable bonds is 1. The highest BCUT2D eigenvalue weighted by Crippen LogP contribution is 2.35. The molecule has 0 fully saturated rings. The van der Waals surface area contributed by atoms with E-state index in [0.717, 1.165) is 24.2 Å². The number of benzene rings is 1. The van der Waals surface area contributed by atoms with Gasteiger partial charge in [0.25, 0.3) is 0 Å². The van der Waals surface area contributed by atoms with E-state index < -0.39 is 0 Å². The monoisotopic (exact) mass is 210 g/mol. The Morgan fingerprint density at radius 1 is 1.57 bits per heavy atom. The van der Waals surface area contributed by atoms with Crippen LogP contribution < -0.4 is 11.1 Å². The van der Waals surface area contributed by atoms with Crippen molar-refractivity contribution in [3.63, 3.8) is 0 Å². The average molecular weight is 211 g/mol. The van der Waals surface area contributed by atoms with Crippen molar-refractivity contribution in [3.8, 4) is 0 Å². The SMILES string of the molecule is NC(=O)C1CCNc2c(Cl)cccc21. The molecule has 1 unspecified atom stereocenters. The first kappa shape index (κ1) is 9.34. The molecule has 0 spiro atoms. The molecule has 1 aromatic rings. The third-order valence-electron chi connectivity index (χ3n) is 2.50. The van der Waals surface area contributed by atoms with Crippen LogP contribution in [-0.4, -0.2) is 12.5 Å². The highest BCUT2D eigenvalue weighted by molar-refractivity contribution is 6.33. The summed E-state index contributed by atoms with van der Waals surface area (Å²) in [4.78, 5) is 11.2. The molecule has 14 heavy (non-hydrogen) atoms. The van der Waals surface area contributed by atoms with Crippen molar-refractivity contribution in [2.45, 2.75) is 12.3 Å². The number of nitrogens with one attached hydrogen (secondary N) is 1. The first-order valence-corrected chi connectivity index (χ1v) is 4.89. The maximum absolute atomic E-state index is 11.2. The number of fused-ring (bicyclic) bond motifs is 1. The summed E-state index contributed by atoms with van der Waals surface area (Å²) in [5, 5.41) is 3.82. The zero-order valence-corrected chi connectivity index (χ0v) is 8.34. The number of anilines is 1. The third kappa shape index (κ3) is 1.44. The number of amides is 1. The van der Waals surface area contributed by atoms with Gasteiger partial charge in [0.1, 0.15) is 0 Å². The van der Waals surface area contributed by atoms with Crippen molar-refractivity contribution >= 4 is 23.2 Å². The minimum absolute atomic E-state index is 0.204. The van der Waals surface area contributed by atoms with E-state index in [2.05, 4.69) is 5.32 Å². The van der Waals surface area contributed by atoms with Gasteiger partial charge in [0, 0.05) is 6.54 Å². The van der Waals surface area contributed by atoms with E-state index in [4.69, 9.17) is 17.3 Å². The highest BCUT2D eigenvalue weighted by atomic mass is 35.5. The van der Waals surface area contributed by atoms with Crippen LogP contribution in [0.5, 0.6) is 0 Å². The fraction of sp³-hybridized carbons (Fsp3) is 0.300. The second-order valence-corrected chi connectivity index (χ2v) is 3.78. The molecule has 1 aliphatic rings. The second-order valence-electron chi connectivity index (χ2n) is 3.37. The van der Waals surface area contributed by atoms with Crippen molar-refractivity contribution in [1.29, 1.82) is 0 Å². The van der Waals surface area contributed by atoms with Crippen LogP contribution in [0.4, 0.5) is 5.69 Å². The second kappa shape index (κ2) is 3.50. The zero-order valence-electron chi connectivity index (χ0n) is 7.59. The van der Waals surface area contributed by atoms with Gasteiger partial charge >= 0.3 is 0 Å². The Labute approximate surface area is 87.2 Å². The van der Waals surface area contributed by atoms with Crippen LogP contribution in [0.15, 0.2) is 18.2 Å². The van der Waals surface area contributed by atoms with E-state index in [1.165, 1.54) is 0 Å². The molecular formula is C10H11ClN2O. The number of hydrogen-bond acceptors (Lipinski definition) is 2. The molecule has 2 rings (SSSR count). The Balaban J connectivity index is 2.49. The van der Waals surface area contributed by atoms with Crippen molar-refractivity contribution in [2.75, 3.05) is 11.9 Å². The Morgan fingerprint density at radius 3 is 3.07 bits per heavy atom. The van der Waals surface area contributed by atoms with Crippen molar-refractivity contribution < 1.29 is 4.79 Å². The molecule has 3 N–H and O–H groups in total. The standard InChI is InChI=1S/C10H11ClN2O/c11-8-3-1-2-6-7(10(12)14)4-5-13-9(6)8/h1-3,7,13H,4-5H2,(H2,12,14). The Hall–Kier alpha value is -1.22. The van der Waals surface area contributed by atoms with Gasteiger partial charge in [-0.05, 0) is 18.1 Å². The van der Waals surface area contributed by atoms with Crippen LogP contribution in [0.25, 0.3) is 0 Å². The molecule has 1 aromatic carbocycles. The minimum Gasteiger partial charge on any atom is -0.384 e. The Morgan fingerprint density at radius 2 is 2.36 bits per heavy atom. The molecule has 1 atom stereocenters. The van der Waals surface area contributed by atoms with Gasteiger partial charge in [-0.3, -0.25) is 4.79 Å². The summed E-state index contributed by atoms with van der Waals surface area (Å²) in [5.41, 5.74) is 7.09. The lowest BCUT2D eigenvalue weighted by Crippen LogP contribution is -2.28. The third-order valence-corrected chi connectivity index (χ3v) is 2.81. The quantitative estimate of drug-likeness (QED) is 0.742. The average Bonchev–Trinajstić information content (AvgIpc) is 2.17. The molecule has 1 aliphatic heterocycles. The molecule has 74 valence electrons. The molecule has 1 amide bonds. The molecule has 0 saturated carbocycles. The normalized spacial score (nSPS) is 19.6. The van der Waals surface area contributed by atoms with Crippen LogP contribution in [0, 0.1) is 0 Å². The van der Waals surface area contributed by atoms with E-state index in [9.17, 15) is 4.79 Å². The van der Waals surface area contributed by atoms with E-state index in [1.54, 1.807) is 6.07 Å². The number of primary amides is 1. The number of halogens is 1. The van der Waals surface area contributed by atoms with Crippen LogP contribution in [0.3, 0.4) is 0 Å². The van der Waals surface area contributed by atoms with Gasteiger partial charge in [0.05, 0.1) is 16.6 Å². The zero-order chi connectivity index (χ0) is 10.1. The van der Waals surface area contributed by atoms with E-state index in [0.29, 0.717) is 5.02 Å². The Kier molecular flexibility index (Phi) is 2.33. The van der Waals surface area contributed by atoms with E-state index in [-0.39, 0.29) is 11.8 Å². The number of carbonyl (C=O) groups is 1. The van der Waals surface area contributed by atoms with E-state index >= 15 is 0 Å². The summed E-state index contributed by atoms with van der Waals surface area (Å²) in [7, 11) is 0. The van der Waals surface area contributed by atoms with Gasteiger partial charge in [-0.1, -0.05) is 23.7 Å². The van der Waals surface area contributed by atoms with Crippen LogP contribution in [0.2, 0.25) is 5.02 Å². The molecule has 0 bridgehead atoms. The fourth-order valence-electron chi connectivity index (χ4n) is 1.81. The number of carbonyl (C=O) groups excluding carboxylic acids is 1.